The second-order valence-electron chi connectivity index (χ2n) is 3.99. The van der Waals surface area contributed by atoms with E-state index in [1.54, 1.807) is 14.2 Å². The highest BCUT2D eigenvalue weighted by Crippen LogP contribution is 2.42. The Labute approximate surface area is 110 Å². The predicted octanol–water partition coefficient (Wildman–Crippen LogP) is 3.07. The quantitative estimate of drug-likeness (QED) is 0.821. The molecule has 0 aromatic heterocycles. The average molecular weight is 304 g/mol. The Kier molecular flexibility index (Phi) is 5.24. The summed E-state index contributed by atoms with van der Waals surface area (Å²) in [5, 5.41) is 8.83. The van der Waals surface area contributed by atoms with Gasteiger partial charge in [-0.2, -0.15) is 0 Å². The van der Waals surface area contributed by atoms with Crippen LogP contribution < -0.4 is 15.0 Å². The fourth-order valence-electron chi connectivity index (χ4n) is 1.76. The third-order valence-corrected chi connectivity index (χ3v) is 3.30. The summed E-state index contributed by atoms with van der Waals surface area (Å²) in [4.78, 5) is 0. The van der Waals surface area contributed by atoms with Gasteiger partial charge in [-0.3, -0.25) is 0 Å². The van der Waals surface area contributed by atoms with Crippen molar-refractivity contribution in [3.63, 3.8) is 0 Å². The molecule has 0 saturated carbocycles. The van der Waals surface area contributed by atoms with Gasteiger partial charge in [-0.1, -0.05) is 13.8 Å². The number of nitrogens with one attached hydrogen (secondary N) is 1. The minimum absolute atomic E-state index is 0.324. The van der Waals surface area contributed by atoms with Crippen molar-refractivity contribution in [1.29, 1.82) is 0 Å². The third kappa shape index (κ3) is 2.91. The first-order valence-corrected chi connectivity index (χ1v) is 6.16. The van der Waals surface area contributed by atoms with Crippen molar-refractivity contribution in [3.8, 4) is 11.5 Å². The van der Waals surface area contributed by atoms with Crippen molar-refractivity contribution in [2.45, 2.75) is 26.3 Å². The van der Waals surface area contributed by atoms with Gasteiger partial charge in [-0.05, 0) is 33.5 Å². The maximum absolute atomic E-state index is 8.83. The van der Waals surface area contributed by atoms with E-state index in [2.05, 4.69) is 35.3 Å². The number of hydroxylamine groups is 1. The lowest BCUT2D eigenvalue weighted by molar-refractivity contribution is 0.160. The fourth-order valence-corrected chi connectivity index (χ4v) is 2.57. The molecule has 0 bridgehead atoms. The van der Waals surface area contributed by atoms with Gasteiger partial charge in [0.25, 0.3) is 0 Å². The average Bonchev–Trinajstić information content (AvgIpc) is 2.29. The van der Waals surface area contributed by atoms with Crippen LogP contribution in [0, 0.1) is 0 Å². The molecule has 0 aliphatic heterocycles. The highest BCUT2D eigenvalue weighted by Gasteiger charge is 2.19. The van der Waals surface area contributed by atoms with Crippen LogP contribution in [0.25, 0.3) is 0 Å². The molecule has 0 radical (unpaired) electrons. The summed E-state index contributed by atoms with van der Waals surface area (Å²) in [6.45, 7) is 4.51. The summed E-state index contributed by atoms with van der Waals surface area (Å²) < 4.78 is 11.5. The number of rotatable bonds is 5. The molecule has 0 heterocycles. The van der Waals surface area contributed by atoms with Crippen LogP contribution in [0.4, 0.5) is 0 Å². The van der Waals surface area contributed by atoms with E-state index in [9.17, 15) is 0 Å². The van der Waals surface area contributed by atoms with Gasteiger partial charge in [0.05, 0.1) is 14.2 Å². The highest BCUT2D eigenvalue weighted by atomic mass is 79.9. The van der Waals surface area contributed by atoms with Crippen molar-refractivity contribution < 1.29 is 14.7 Å². The molecule has 17 heavy (non-hydrogen) atoms. The smallest absolute Gasteiger partial charge is 0.141 e. The normalized spacial score (nSPS) is 10.8. The molecule has 4 nitrogen and oxygen atoms in total. The predicted molar refractivity (Wildman–Crippen MR) is 70.0 cm³/mol. The molecular weight excluding hydrogens is 286 g/mol. The molecule has 0 aliphatic carbocycles. The van der Waals surface area contributed by atoms with E-state index >= 15 is 0 Å². The number of hydrogen-bond donors (Lipinski definition) is 2. The monoisotopic (exact) mass is 303 g/mol. The fraction of sp³-hybridized carbons (Fsp3) is 0.500. The van der Waals surface area contributed by atoms with Gasteiger partial charge in [0.1, 0.15) is 16.0 Å². The minimum atomic E-state index is 0.324. The van der Waals surface area contributed by atoms with Crippen LogP contribution in [0.15, 0.2) is 10.5 Å². The van der Waals surface area contributed by atoms with Crippen LogP contribution in [0.3, 0.4) is 0 Å². The molecule has 0 amide bonds. The Balaban J connectivity index is 3.42. The first-order chi connectivity index (χ1) is 8.06. The first kappa shape index (κ1) is 14.3. The number of halogens is 1. The maximum Gasteiger partial charge on any atom is 0.141 e. The number of hydrogen-bond acceptors (Lipinski definition) is 4. The van der Waals surface area contributed by atoms with Crippen LogP contribution in [-0.2, 0) is 6.54 Å². The molecule has 5 heteroatoms. The molecule has 0 aliphatic rings. The maximum atomic E-state index is 8.83. The lowest BCUT2D eigenvalue weighted by atomic mass is 9.98. The highest BCUT2D eigenvalue weighted by molar-refractivity contribution is 9.10. The Morgan fingerprint density at radius 2 is 1.88 bits per heavy atom. The van der Waals surface area contributed by atoms with Gasteiger partial charge in [-0.25, -0.2) is 5.48 Å². The van der Waals surface area contributed by atoms with E-state index in [0.29, 0.717) is 18.2 Å². The topological polar surface area (TPSA) is 50.7 Å². The van der Waals surface area contributed by atoms with E-state index in [4.69, 9.17) is 14.7 Å². The summed E-state index contributed by atoms with van der Waals surface area (Å²) in [7, 11) is 3.23. The Morgan fingerprint density at radius 1 is 1.29 bits per heavy atom. The Bertz CT molecular complexity index is 394. The summed E-state index contributed by atoms with van der Waals surface area (Å²) in [5.41, 5.74) is 4.10. The van der Waals surface area contributed by atoms with Crippen LogP contribution >= 0.6 is 15.9 Å². The summed E-state index contributed by atoms with van der Waals surface area (Å²) in [5.74, 6) is 1.77. The van der Waals surface area contributed by atoms with E-state index in [1.165, 1.54) is 0 Å². The molecule has 2 N–H and O–H groups in total. The zero-order chi connectivity index (χ0) is 13.0. The molecule has 1 aromatic rings. The lowest BCUT2D eigenvalue weighted by Gasteiger charge is -2.19. The third-order valence-electron chi connectivity index (χ3n) is 2.58. The van der Waals surface area contributed by atoms with E-state index in [-0.39, 0.29) is 0 Å². The van der Waals surface area contributed by atoms with Gasteiger partial charge < -0.3 is 14.7 Å². The van der Waals surface area contributed by atoms with Crippen LogP contribution in [0.1, 0.15) is 30.9 Å². The standard InChI is InChI=1S/C12H18BrNO3/c1-7(2)9-5-8(6-14-15)11(16-3)10(13)12(9)17-4/h5,7,14-15H,6H2,1-4H3. The lowest BCUT2D eigenvalue weighted by Crippen LogP contribution is -2.09. The first-order valence-electron chi connectivity index (χ1n) is 5.37. The van der Waals surface area contributed by atoms with Crippen molar-refractivity contribution in [2.75, 3.05) is 14.2 Å². The number of benzene rings is 1. The second-order valence-corrected chi connectivity index (χ2v) is 4.79. The van der Waals surface area contributed by atoms with Crippen molar-refractivity contribution in [2.24, 2.45) is 0 Å². The largest absolute Gasteiger partial charge is 0.495 e. The van der Waals surface area contributed by atoms with E-state index < -0.39 is 0 Å². The zero-order valence-corrected chi connectivity index (χ0v) is 12.1. The minimum Gasteiger partial charge on any atom is -0.495 e. The molecular formula is C12H18BrNO3. The Morgan fingerprint density at radius 3 is 2.29 bits per heavy atom. The van der Waals surface area contributed by atoms with Crippen molar-refractivity contribution in [1.82, 2.24) is 5.48 Å². The zero-order valence-electron chi connectivity index (χ0n) is 10.5. The summed E-state index contributed by atoms with van der Waals surface area (Å²) in [6.07, 6.45) is 0. The molecule has 0 spiro atoms. The van der Waals surface area contributed by atoms with Crippen LogP contribution in [0.5, 0.6) is 11.5 Å². The molecule has 0 atom stereocenters. The van der Waals surface area contributed by atoms with Crippen molar-refractivity contribution in [3.05, 3.63) is 21.7 Å². The van der Waals surface area contributed by atoms with E-state index in [0.717, 1.165) is 21.3 Å². The summed E-state index contributed by atoms with van der Waals surface area (Å²) >= 11 is 3.48. The second kappa shape index (κ2) is 6.23. The van der Waals surface area contributed by atoms with Gasteiger partial charge in [0.15, 0.2) is 0 Å². The van der Waals surface area contributed by atoms with Crippen LogP contribution in [-0.4, -0.2) is 19.4 Å². The molecule has 1 aromatic carbocycles. The van der Waals surface area contributed by atoms with Gasteiger partial charge in [0, 0.05) is 12.1 Å². The van der Waals surface area contributed by atoms with Gasteiger partial charge >= 0.3 is 0 Å². The van der Waals surface area contributed by atoms with Gasteiger partial charge in [-0.15, -0.1) is 0 Å². The summed E-state index contributed by atoms with van der Waals surface area (Å²) in [6, 6.07) is 1.98. The van der Waals surface area contributed by atoms with Crippen LogP contribution in [0.2, 0.25) is 0 Å². The van der Waals surface area contributed by atoms with Gasteiger partial charge in [0.2, 0.25) is 0 Å². The number of methoxy groups -OCH3 is 2. The molecule has 0 fully saturated rings. The SMILES string of the molecule is COc1c(CNO)cc(C(C)C)c(OC)c1Br. The molecule has 0 unspecified atom stereocenters. The van der Waals surface area contributed by atoms with Crippen molar-refractivity contribution >= 4 is 15.9 Å². The molecule has 1 rings (SSSR count). The molecule has 96 valence electrons. The number of ether oxygens (including phenoxy) is 2. The Hall–Kier alpha value is -0.780. The molecule has 0 saturated heterocycles. The van der Waals surface area contributed by atoms with E-state index in [1.807, 2.05) is 6.07 Å².